The molecule has 1 saturated heterocycles. The number of halogens is 2. The third-order valence-electron chi connectivity index (χ3n) is 3.01. The van der Waals surface area contributed by atoms with Crippen LogP contribution in [0.3, 0.4) is 0 Å². The summed E-state index contributed by atoms with van der Waals surface area (Å²) < 4.78 is 22.9. The number of amides is 1. The normalized spacial score (nSPS) is 18.8. The highest BCUT2D eigenvalue weighted by Gasteiger charge is 2.33. The molecule has 1 heterocycles. The second-order valence-electron chi connectivity index (χ2n) is 4.59. The molecule has 0 radical (unpaired) electrons. The van der Waals surface area contributed by atoms with Gasteiger partial charge in [0, 0.05) is 38.9 Å². The predicted molar refractivity (Wildman–Crippen MR) is 85.7 cm³/mol. The van der Waals surface area contributed by atoms with Gasteiger partial charge in [-0.05, 0) is 45.9 Å². The van der Waals surface area contributed by atoms with Crippen molar-refractivity contribution in [3.05, 3.63) is 22.7 Å². The van der Waals surface area contributed by atoms with Crippen molar-refractivity contribution in [3.8, 4) is 5.40 Å². The number of carbonyl (C=O) groups is 1. The molecular weight excluding hydrogens is 400 g/mol. The molecule has 21 heavy (non-hydrogen) atoms. The van der Waals surface area contributed by atoms with Crippen molar-refractivity contribution in [2.75, 3.05) is 17.2 Å². The molecule has 1 amide bonds. The van der Waals surface area contributed by atoms with Gasteiger partial charge in [0.2, 0.25) is 15.0 Å². The van der Waals surface area contributed by atoms with Gasteiger partial charge in [0.1, 0.15) is 5.40 Å². The van der Waals surface area contributed by atoms with Crippen LogP contribution in [0.4, 0.5) is 5.69 Å². The summed E-state index contributed by atoms with van der Waals surface area (Å²) >= 11 is 4.40. The molecule has 0 N–H and O–H groups in total. The lowest BCUT2D eigenvalue weighted by Gasteiger charge is -2.18. The fraction of sp³-hybridized carbons (Fsp3) is 0.333. The Kier molecular flexibility index (Phi) is 5.20. The maximum atomic E-state index is 12.0. The molecule has 9 heteroatoms. The minimum absolute atomic E-state index is 0.137. The van der Waals surface area contributed by atoms with Gasteiger partial charge in [-0.25, -0.2) is 8.42 Å². The minimum atomic E-state index is -3.62. The molecular formula is C12H10BrClN2O3S2. The first kappa shape index (κ1) is 16.6. The van der Waals surface area contributed by atoms with E-state index in [-0.39, 0.29) is 24.0 Å². The van der Waals surface area contributed by atoms with Crippen LogP contribution in [0.15, 0.2) is 27.6 Å². The molecule has 0 spiro atoms. The van der Waals surface area contributed by atoms with Crippen LogP contribution in [0.5, 0.6) is 0 Å². The lowest BCUT2D eigenvalue weighted by atomic mass is 10.1. The number of rotatable bonds is 4. The fourth-order valence-electron chi connectivity index (χ4n) is 2.23. The Bertz CT molecular complexity index is 718. The third-order valence-corrected chi connectivity index (χ3v) is 5.48. The van der Waals surface area contributed by atoms with Crippen molar-refractivity contribution >= 4 is 59.0 Å². The largest absolute Gasteiger partial charge is 0.311 e. The Balaban J connectivity index is 2.19. The lowest BCUT2D eigenvalue weighted by Crippen LogP contribution is -2.25. The number of hydrogen-bond donors (Lipinski definition) is 0. The minimum Gasteiger partial charge on any atom is -0.311 e. The van der Waals surface area contributed by atoms with Gasteiger partial charge in [0.15, 0.2) is 0 Å². The van der Waals surface area contributed by atoms with Crippen molar-refractivity contribution in [2.24, 2.45) is 5.92 Å². The van der Waals surface area contributed by atoms with E-state index in [4.69, 9.17) is 15.9 Å². The fourth-order valence-corrected chi connectivity index (χ4v) is 4.71. The highest BCUT2D eigenvalue weighted by molar-refractivity contribution is 9.10. The summed E-state index contributed by atoms with van der Waals surface area (Å²) in [6.07, 6.45) is 0.160. The molecule has 1 atom stereocenters. The molecule has 0 bridgehead atoms. The topological polar surface area (TPSA) is 78.2 Å². The Morgan fingerprint density at radius 2 is 2.24 bits per heavy atom. The molecule has 0 aliphatic carbocycles. The van der Waals surface area contributed by atoms with Gasteiger partial charge in [0.25, 0.3) is 0 Å². The van der Waals surface area contributed by atoms with Gasteiger partial charge >= 0.3 is 0 Å². The number of nitriles is 1. The van der Waals surface area contributed by atoms with E-state index in [2.05, 4.69) is 15.9 Å². The zero-order chi connectivity index (χ0) is 15.6. The van der Waals surface area contributed by atoms with Crippen molar-refractivity contribution in [3.63, 3.8) is 0 Å². The van der Waals surface area contributed by atoms with Gasteiger partial charge in [-0.2, -0.15) is 5.26 Å². The van der Waals surface area contributed by atoms with Crippen LogP contribution in [-0.4, -0.2) is 26.6 Å². The number of anilines is 1. The van der Waals surface area contributed by atoms with Gasteiger partial charge in [-0.3, -0.25) is 4.79 Å². The number of nitrogens with zero attached hydrogens (tertiary/aromatic N) is 2. The highest BCUT2D eigenvalue weighted by Crippen LogP contribution is 2.34. The second-order valence-corrected chi connectivity index (χ2v) is 9.12. The summed E-state index contributed by atoms with van der Waals surface area (Å²) in [5, 5.41) is 10.6. The maximum absolute atomic E-state index is 12.0. The number of thiocyanates is 1. The molecule has 1 unspecified atom stereocenters. The molecule has 0 saturated carbocycles. The lowest BCUT2D eigenvalue weighted by molar-refractivity contribution is -0.117. The van der Waals surface area contributed by atoms with Crippen LogP contribution < -0.4 is 4.90 Å². The van der Waals surface area contributed by atoms with E-state index < -0.39 is 9.05 Å². The van der Waals surface area contributed by atoms with E-state index in [1.807, 2.05) is 5.40 Å². The third kappa shape index (κ3) is 4.36. The zero-order valence-corrected chi connectivity index (χ0v) is 14.6. The standard InChI is InChI=1S/C12H10BrClN2O3S2/c13-10-4-9(20-7-15)1-2-11(10)16-5-8(3-12(16)17)6-21(14,18)19/h1-2,4,8H,3,5-6H2. The van der Waals surface area contributed by atoms with Crippen molar-refractivity contribution in [1.82, 2.24) is 0 Å². The molecule has 0 aromatic heterocycles. The van der Waals surface area contributed by atoms with E-state index in [0.717, 1.165) is 16.7 Å². The summed E-state index contributed by atoms with van der Waals surface area (Å²) in [5.74, 6) is -0.654. The second kappa shape index (κ2) is 6.57. The summed E-state index contributed by atoms with van der Waals surface area (Å²) in [5.41, 5.74) is 0.664. The molecule has 5 nitrogen and oxygen atoms in total. The van der Waals surface area contributed by atoms with Crippen molar-refractivity contribution in [1.29, 1.82) is 5.26 Å². The molecule has 1 aromatic carbocycles. The van der Waals surface area contributed by atoms with E-state index in [0.29, 0.717) is 16.7 Å². The van der Waals surface area contributed by atoms with Crippen LogP contribution in [0, 0.1) is 16.6 Å². The van der Waals surface area contributed by atoms with Crippen LogP contribution in [0.1, 0.15) is 6.42 Å². The Morgan fingerprint density at radius 3 is 2.81 bits per heavy atom. The average Bonchev–Trinajstić information content (AvgIpc) is 2.68. The summed E-state index contributed by atoms with van der Waals surface area (Å²) in [6, 6.07) is 5.23. The van der Waals surface area contributed by atoms with E-state index in [1.54, 1.807) is 18.2 Å². The quantitative estimate of drug-likeness (QED) is 0.434. The van der Waals surface area contributed by atoms with Gasteiger partial charge in [-0.1, -0.05) is 0 Å². The molecule has 1 aliphatic rings. The first-order valence-corrected chi connectivity index (χ1v) is 9.97. The first-order chi connectivity index (χ1) is 9.80. The van der Waals surface area contributed by atoms with E-state index in [1.165, 1.54) is 4.90 Å². The predicted octanol–water partition coefficient (Wildman–Crippen LogP) is 2.94. The first-order valence-electron chi connectivity index (χ1n) is 5.88. The van der Waals surface area contributed by atoms with Crippen molar-refractivity contribution < 1.29 is 13.2 Å². The molecule has 1 fully saturated rings. The number of benzene rings is 1. The molecule has 1 aliphatic heterocycles. The highest BCUT2D eigenvalue weighted by atomic mass is 79.9. The average molecular weight is 410 g/mol. The maximum Gasteiger partial charge on any atom is 0.232 e. The van der Waals surface area contributed by atoms with E-state index in [9.17, 15) is 13.2 Å². The van der Waals surface area contributed by atoms with Crippen molar-refractivity contribution in [2.45, 2.75) is 11.3 Å². The monoisotopic (exact) mass is 408 g/mol. The summed E-state index contributed by atoms with van der Waals surface area (Å²) in [7, 11) is 1.62. The van der Waals surface area contributed by atoms with Gasteiger partial charge < -0.3 is 4.90 Å². The number of carbonyl (C=O) groups excluding carboxylic acids is 1. The van der Waals surface area contributed by atoms with Crippen LogP contribution in [-0.2, 0) is 13.8 Å². The molecule has 112 valence electrons. The number of hydrogen-bond acceptors (Lipinski definition) is 5. The zero-order valence-electron chi connectivity index (χ0n) is 10.6. The summed E-state index contributed by atoms with van der Waals surface area (Å²) in [4.78, 5) is 14.3. The Hall–Kier alpha value is -0.750. The Morgan fingerprint density at radius 1 is 1.52 bits per heavy atom. The SMILES string of the molecule is N#CSc1ccc(N2CC(CS(=O)(=O)Cl)CC2=O)c(Br)c1. The van der Waals surface area contributed by atoms with Crippen LogP contribution in [0.25, 0.3) is 0 Å². The number of thioether (sulfide) groups is 1. The molecule has 2 rings (SSSR count). The van der Waals surface area contributed by atoms with Gasteiger partial charge in [-0.15, -0.1) is 0 Å². The van der Waals surface area contributed by atoms with Crippen LogP contribution >= 0.6 is 38.4 Å². The smallest absolute Gasteiger partial charge is 0.232 e. The van der Waals surface area contributed by atoms with Gasteiger partial charge in [0.05, 0.1) is 11.4 Å². The molecule has 1 aromatic rings. The Labute approximate surface area is 139 Å². The van der Waals surface area contributed by atoms with E-state index >= 15 is 0 Å². The van der Waals surface area contributed by atoms with Crippen LogP contribution in [0.2, 0.25) is 0 Å². The summed E-state index contributed by atoms with van der Waals surface area (Å²) in [6.45, 7) is 0.314.